The van der Waals surface area contributed by atoms with Crippen LogP contribution in [0, 0.1) is 6.92 Å². The number of carbonyl (C=O) groups is 1. The zero-order chi connectivity index (χ0) is 14.7. The van der Waals surface area contributed by atoms with Crippen molar-refractivity contribution >= 4 is 18.4 Å². The number of hydrogen-bond acceptors (Lipinski definition) is 3. The Morgan fingerprint density at radius 2 is 1.95 bits per heavy atom. The van der Waals surface area contributed by atoms with E-state index in [1.54, 1.807) is 0 Å². The molecular formula is C18H20ClNO2. The molecule has 0 bridgehead atoms. The Labute approximate surface area is 137 Å². The molecule has 1 aliphatic rings. The second-order valence-electron chi connectivity index (χ2n) is 5.50. The molecule has 3 rings (SSSR count). The summed E-state index contributed by atoms with van der Waals surface area (Å²) in [6, 6.07) is 15.9. The quantitative estimate of drug-likeness (QED) is 0.884. The molecule has 1 atom stereocenters. The maximum Gasteiger partial charge on any atom is 0.323 e. The van der Waals surface area contributed by atoms with Crippen LogP contribution in [0.4, 0.5) is 0 Å². The SMILES string of the molecule is Cc1ccc2c(c1)CNC(C(=O)OCc1ccccc1)C2.Cl. The van der Waals surface area contributed by atoms with Gasteiger partial charge in [-0.1, -0.05) is 54.1 Å². The van der Waals surface area contributed by atoms with Gasteiger partial charge in [0.25, 0.3) is 0 Å². The van der Waals surface area contributed by atoms with Gasteiger partial charge in [0.1, 0.15) is 12.6 Å². The van der Waals surface area contributed by atoms with E-state index in [1.807, 2.05) is 30.3 Å². The smallest absolute Gasteiger partial charge is 0.323 e. The fourth-order valence-corrected chi connectivity index (χ4v) is 2.64. The molecule has 2 aromatic carbocycles. The van der Waals surface area contributed by atoms with E-state index in [1.165, 1.54) is 16.7 Å². The van der Waals surface area contributed by atoms with Gasteiger partial charge >= 0.3 is 5.97 Å². The Morgan fingerprint density at radius 3 is 2.73 bits per heavy atom. The van der Waals surface area contributed by atoms with E-state index in [0.29, 0.717) is 13.0 Å². The number of rotatable bonds is 3. The Bertz CT molecular complexity index is 643. The maximum absolute atomic E-state index is 12.2. The second-order valence-corrected chi connectivity index (χ2v) is 5.50. The summed E-state index contributed by atoms with van der Waals surface area (Å²) in [5.74, 6) is -0.176. The molecule has 116 valence electrons. The number of benzene rings is 2. The van der Waals surface area contributed by atoms with Crippen LogP contribution in [0.1, 0.15) is 22.3 Å². The van der Waals surface area contributed by atoms with Crippen molar-refractivity contribution in [2.45, 2.75) is 32.5 Å². The highest BCUT2D eigenvalue weighted by molar-refractivity contribution is 5.85. The van der Waals surface area contributed by atoms with Gasteiger partial charge in [-0.05, 0) is 30.0 Å². The fourth-order valence-electron chi connectivity index (χ4n) is 2.64. The topological polar surface area (TPSA) is 38.3 Å². The van der Waals surface area contributed by atoms with Crippen molar-refractivity contribution in [1.29, 1.82) is 0 Å². The molecule has 2 aromatic rings. The molecule has 3 nitrogen and oxygen atoms in total. The van der Waals surface area contributed by atoms with Crippen LogP contribution in [0.3, 0.4) is 0 Å². The second kappa shape index (κ2) is 7.43. The van der Waals surface area contributed by atoms with E-state index in [0.717, 1.165) is 12.1 Å². The van der Waals surface area contributed by atoms with Crippen LogP contribution in [0.15, 0.2) is 48.5 Å². The van der Waals surface area contributed by atoms with E-state index < -0.39 is 0 Å². The number of carbonyl (C=O) groups excluding carboxylic acids is 1. The summed E-state index contributed by atoms with van der Waals surface area (Å²) in [6.07, 6.45) is 0.698. The van der Waals surface area contributed by atoms with Crippen LogP contribution in [-0.2, 0) is 29.1 Å². The molecule has 0 amide bonds. The van der Waals surface area contributed by atoms with Crippen LogP contribution >= 0.6 is 12.4 Å². The summed E-state index contributed by atoms with van der Waals surface area (Å²) in [5, 5.41) is 3.26. The number of aryl methyl sites for hydroxylation is 1. The van der Waals surface area contributed by atoms with Crippen molar-refractivity contribution in [3.05, 3.63) is 70.8 Å². The standard InChI is InChI=1S/C18H19NO2.ClH/c1-13-7-8-15-10-17(19-11-16(15)9-13)18(20)21-12-14-5-3-2-4-6-14;/h2-9,17,19H,10-12H2,1H3;1H. The van der Waals surface area contributed by atoms with Crippen LogP contribution in [0.25, 0.3) is 0 Å². The molecule has 4 heteroatoms. The highest BCUT2D eigenvalue weighted by Gasteiger charge is 2.25. The van der Waals surface area contributed by atoms with E-state index in [-0.39, 0.29) is 24.4 Å². The van der Waals surface area contributed by atoms with Crippen LogP contribution < -0.4 is 5.32 Å². The molecule has 1 unspecified atom stereocenters. The van der Waals surface area contributed by atoms with Gasteiger partial charge in [0.2, 0.25) is 0 Å². The van der Waals surface area contributed by atoms with Crippen molar-refractivity contribution in [3.63, 3.8) is 0 Å². The zero-order valence-corrected chi connectivity index (χ0v) is 13.4. The van der Waals surface area contributed by atoms with Crippen LogP contribution in [0.2, 0.25) is 0 Å². The first-order valence-corrected chi connectivity index (χ1v) is 7.25. The lowest BCUT2D eigenvalue weighted by Crippen LogP contribution is -2.42. The molecular weight excluding hydrogens is 298 g/mol. The molecule has 0 radical (unpaired) electrons. The lowest BCUT2D eigenvalue weighted by molar-refractivity contribution is -0.147. The molecule has 1 aliphatic heterocycles. The summed E-state index contributed by atoms with van der Waals surface area (Å²) in [7, 11) is 0. The van der Waals surface area contributed by atoms with E-state index in [2.05, 4.69) is 30.4 Å². The molecule has 0 aliphatic carbocycles. The molecule has 0 saturated heterocycles. The number of fused-ring (bicyclic) bond motifs is 1. The van der Waals surface area contributed by atoms with E-state index in [4.69, 9.17) is 4.74 Å². The Hall–Kier alpha value is -1.84. The minimum Gasteiger partial charge on any atom is -0.460 e. The van der Waals surface area contributed by atoms with Crippen molar-refractivity contribution < 1.29 is 9.53 Å². The van der Waals surface area contributed by atoms with Gasteiger partial charge in [-0.2, -0.15) is 0 Å². The minimum atomic E-state index is -0.246. The number of nitrogens with one attached hydrogen (secondary N) is 1. The largest absolute Gasteiger partial charge is 0.460 e. The first-order chi connectivity index (χ1) is 10.2. The summed E-state index contributed by atoms with van der Waals surface area (Å²) in [6.45, 7) is 3.14. The van der Waals surface area contributed by atoms with E-state index in [9.17, 15) is 4.79 Å². The first-order valence-electron chi connectivity index (χ1n) is 7.25. The maximum atomic E-state index is 12.2. The normalized spacial score (nSPS) is 16.3. The number of halogens is 1. The van der Waals surface area contributed by atoms with Crippen molar-refractivity contribution in [2.75, 3.05) is 0 Å². The number of hydrogen-bond donors (Lipinski definition) is 1. The predicted octanol–water partition coefficient (Wildman–Crippen LogP) is 3.17. The van der Waals surface area contributed by atoms with Crippen molar-refractivity contribution in [3.8, 4) is 0 Å². The molecule has 0 aromatic heterocycles. The predicted molar refractivity (Wildman–Crippen MR) is 89.0 cm³/mol. The lowest BCUT2D eigenvalue weighted by Gasteiger charge is -2.25. The molecule has 0 spiro atoms. The average molecular weight is 318 g/mol. The summed E-state index contributed by atoms with van der Waals surface area (Å²) >= 11 is 0. The lowest BCUT2D eigenvalue weighted by atomic mass is 9.94. The summed E-state index contributed by atoms with van der Waals surface area (Å²) < 4.78 is 5.40. The molecule has 1 heterocycles. The average Bonchev–Trinajstić information content (AvgIpc) is 2.53. The Morgan fingerprint density at radius 1 is 1.18 bits per heavy atom. The first kappa shape index (κ1) is 16.5. The van der Waals surface area contributed by atoms with Gasteiger partial charge in [0.15, 0.2) is 0 Å². The fraction of sp³-hybridized carbons (Fsp3) is 0.278. The van der Waals surface area contributed by atoms with Crippen LogP contribution in [-0.4, -0.2) is 12.0 Å². The van der Waals surface area contributed by atoms with Gasteiger partial charge in [-0.25, -0.2) is 0 Å². The third kappa shape index (κ3) is 3.87. The van der Waals surface area contributed by atoms with Crippen molar-refractivity contribution in [1.82, 2.24) is 5.32 Å². The highest BCUT2D eigenvalue weighted by atomic mass is 35.5. The van der Waals surface area contributed by atoms with Crippen molar-refractivity contribution in [2.24, 2.45) is 0 Å². The van der Waals surface area contributed by atoms with Gasteiger partial charge in [-0.15, -0.1) is 12.4 Å². The summed E-state index contributed by atoms with van der Waals surface area (Å²) in [5.41, 5.74) is 4.78. The minimum absolute atomic E-state index is 0. The van der Waals surface area contributed by atoms with E-state index >= 15 is 0 Å². The highest BCUT2D eigenvalue weighted by Crippen LogP contribution is 2.19. The summed E-state index contributed by atoms with van der Waals surface area (Å²) in [4.78, 5) is 12.2. The number of ether oxygens (including phenoxy) is 1. The Kier molecular flexibility index (Phi) is 5.58. The van der Waals surface area contributed by atoms with Gasteiger partial charge in [0.05, 0.1) is 0 Å². The molecule has 22 heavy (non-hydrogen) atoms. The Balaban J connectivity index is 0.00000176. The monoisotopic (exact) mass is 317 g/mol. The number of esters is 1. The molecule has 1 N–H and O–H groups in total. The van der Waals surface area contributed by atoms with Gasteiger partial charge in [0, 0.05) is 6.54 Å². The van der Waals surface area contributed by atoms with Gasteiger partial charge in [-0.3, -0.25) is 4.79 Å². The zero-order valence-electron chi connectivity index (χ0n) is 12.5. The van der Waals surface area contributed by atoms with Gasteiger partial charge < -0.3 is 10.1 Å². The molecule has 0 fully saturated rings. The third-order valence-corrected chi connectivity index (χ3v) is 3.83. The third-order valence-electron chi connectivity index (χ3n) is 3.83. The van der Waals surface area contributed by atoms with Crippen LogP contribution in [0.5, 0.6) is 0 Å². The molecule has 0 saturated carbocycles.